The Balaban J connectivity index is 2.54. The van der Waals surface area contributed by atoms with Gasteiger partial charge in [-0.25, -0.2) is 0 Å². The molecule has 0 amide bonds. The van der Waals surface area contributed by atoms with Crippen molar-refractivity contribution >= 4 is 0 Å². The molecule has 0 bridgehead atoms. The van der Waals surface area contributed by atoms with Crippen molar-refractivity contribution < 1.29 is 27.0 Å². The fourth-order valence-electron chi connectivity index (χ4n) is 1.97. The van der Waals surface area contributed by atoms with Crippen molar-refractivity contribution in [2.24, 2.45) is 11.8 Å². The monoisotopic (exact) mass is 272 g/mol. The molecule has 1 aliphatic rings. The standard InChI is InChI=1S/C12H20F4O2/c1-3-17-5-4-11(13,14)12(15,16)6-10-8-18-7-9(10)2/h9-10H,3-8H2,1-2H3. The van der Waals surface area contributed by atoms with Gasteiger partial charge in [-0.2, -0.15) is 17.6 Å². The van der Waals surface area contributed by atoms with Crippen LogP contribution in [0.2, 0.25) is 0 Å². The molecule has 1 fully saturated rings. The summed E-state index contributed by atoms with van der Waals surface area (Å²) in [5.41, 5.74) is 0. The summed E-state index contributed by atoms with van der Waals surface area (Å²) in [4.78, 5) is 0. The number of halogens is 4. The third kappa shape index (κ3) is 3.82. The molecule has 1 heterocycles. The predicted molar refractivity (Wildman–Crippen MR) is 59.1 cm³/mol. The van der Waals surface area contributed by atoms with E-state index in [1.807, 2.05) is 0 Å². The van der Waals surface area contributed by atoms with Gasteiger partial charge in [-0.1, -0.05) is 6.92 Å². The maximum atomic E-state index is 13.6. The van der Waals surface area contributed by atoms with Gasteiger partial charge in [-0.05, 0) is 18.8 Å². The lowest BCUT2D eigenvalue weighted by Gasteiger charge is -2.29. The van der Waals surface area contributed by atoms with Crippen molar-refractivity contribution in [3.8, 4) is 0 Å². The third-order valence-corrected chi connectivity index (χ3v) is 3.34. The van der Waals surface area contributed by atoms with Crippen LogP contribution in [0.4, 0.5) is 17.6 Å². The first-order chi connectivity index (χ1) is 8.30. The summed E-state index contributed by atoms with van der Waals surface area (Å²) >= 11 is 0. The van der Waals surface area contributed by atoms with Crippen LogP contribution in [0.5, 0.6) is 0 Å². The molecule has 0 N–H and O–H groups in total. The summed E-state index contributed by atoms with van der Waals surface area (Å²) < 4.78 is 63.8. The molecule has 0 aliphatic carbocycles. The van der Waals surface area contributed by atoms with Crippen LogP contribution in [0.25, 0.3) is 0 Å². The largest absolute Gasteiger partial charge is 0.382 e. The van der Waals surface area contributed by atoms with E-state index >= 15 is 0 Å². The molecule has 0 radical (unpaired) electrons. The van der Waals surface area contributed by atoms with E-state index in [9.17, 15) is 17.6 Å². The summed E-state index contributed by atoms with van der Waals surface area (Å²) in [6, 6.07) is 0. The molecular formula is C12H20F4O2. The summed E-state index contributed by atoms with van der Waals surface area (Å²) in [6.07, 6.45) is -1.77. The SMILES string of the molecule is CCOCCC(F)(F)C(F)(F)CC1COCC1C. The molecular weight excluding hydrogens is 252 g/mol. The maximum absolute atomic E-state index is 13.6. The minimum atomic E-state index is -4.02. The summed E-state index contributed by atoms with van der Waals surface area (Å²) in [5.74, 6) is -8.63. The zero-order valence-electron chi connectivity index (χ0n) is 10.7. The van der Waals surface area contributed by atoms with Gasteiger partial charge in [0.25, 0.3) is 0 Å². The minimum absolute atomic E-state index is 0.0985. The van der Waals surface area contributed by atoms with E-state index < -0.39 is 30.6 Å². The number of ether oxygens (including phenoxy) is 2. The van der Waals surface area contributed by atoms with Crippen molar-refractivity contribution in [1.82, 2.24) is 0 Å². The van der Waals surface area contributed by atoms with Crippen LogP contribution >= 0.6 is 0 Å². The van der Waals surface area contributed by atoms with E-state index in [1.54, 1.807) is 13.8 Å². The number of rotatable bonds is 7. The highest BCUT2D eigenvalue weighted by atomic mass is 19.3. The van der Waals surface area contributed by atoms with Crippen LogP contribution in [-0.4, -0.2) is 38.3 Å². The molecule has 0 aromatic rings. The highest BCUT2D eigenvalue weighted by molar-refractivity contribution is 4.89. The smallest absolute Gasteiger partial charge is 0.312 e. The molecule has 1 rings (SSSR count). The van der Waals surface area contributed by atoms with Crippen LogP contribution in [0.1, 0.15) is 26.7 Å². The lowest BCUT2D eigenvalue weighted by Crippen LogP contribution is -2.43. The van der Waals surface area contributed by atoms with Crippen LogP contribution in [0.3, 0.4) is 0 Å². The fourth-order valence-corrected chi connectivity index (χ4v) is 1.97. The zero-order valence-corrected chi connectivity index (χ0v) is 10.7. The quantitative estimate of drug-likeness (QED) is 0.522. The first-order valence-electron chi connectivity index (χ1n) is 6.21. The van der Waals surface area contributed by atoms with Gasteiger partial charge in [0.1, 0.15) is 0 Å². The molecule has 0 aromatic heterocycles. The maximum Gasteiger partial charge on any atom is 0.312 e. The molecule has 2 unspecified atom stereocenters. The van der Waals surface area contributed by atoms with E-state index in [4.69, 9.17) is 9.47 Å². The first-order valence-corrected chi connectivity index (χ1v) is 6.21. The average molecular weight is 272 g/mol. The summed E-state index contributed by atoms with van der Waals surface area (Å²) in [7, 11) is 0. The fraction of sp³-hybridized carbons (Fsp3) is 1.00. The topological polar surface area (TPSA) is 18.5 Å². The molecule has 1 saturated heterocycles. The Morgan fingerprint density at radius 3 is 2.33 bits per heavy atom. The summed E-state index contributed by atoms with van der Waals surface area (Å²) in [5, 5.41) is 0. The third-order valence-electron chi connectivity index (χ3n) is 3.34. The van der Waals surface area contributed by atoms with Crippen LogP contribution in [0.15, 0.2) is 0 Å². The van der Waals surface area contributed by atoms with E-state index in [2.05, 4.69) is 0 Å². The van der Waals surface area contributed by atoms with Crippen LogP contribution < -0.4 is 0 Å². The van der Waals surface area contributed by atoms with Crippen molar-refractivity contribution in [3.05, 3.63) is 0 Å². The zero-order chi connectivity index (χ0) is 13.8. The Hall–Kier alpha value is -0.360. The van der Waals surface area contributed by atoms with E-state index in [0.29, 0.717) is 6.61 Å². The molecule has 18 heavy (non-hydrogen) atoms. The number of hydrogen-bond acceptors (Lipinski definition) is 2. The van der Waals surface area contributed by atoms with Gasteiger partial charge in [0.15, 0.2) is 0 Å². The second-order valence-electron chi connectivity index (χ2n) is 4.83. The van der Waals surface area contributed by atoms with Gasteiger partial charge in [0.05, 0.1) is 6.61 Å². The molecule has 6 heteroatoms. The number of hydrogen-bond donors (Lipinski definition) is 0. The molecule has 0 saturated carbocycles. The van der Waals surface area contributed by atoms with Crippen molar-refractivity contribution in [3.63, 3.8) is 0 Å². The van der Waals surface area contributed by atoms with Gasteiger partial charge in [-0.3, -0.25) is 0 Å². The number of alkyl halides is 4. The van der Waals surface area contributed by atoms with Gasteiger partial charge in [0, 0.05) is 32.7 Å². The Kier molecular flexibility index (Phi) is 5.40. The second-order valence-corrected chi connectivity index (χ2v) is 4.83. The highest BCUT2D eigenvalue weighted by Crippen LogP contribution is 2.43. The summed E-state index contributed by atoms with van der Waals surface area (Å²) in [6.45, 7) is 3.77. The minimum Gasteiger partial charge on any atom is -0.382 e. The van der Waals surface area contributed by atoms with E-state index in [-0.39, 0.29) is 25.7 Å². The average Bonchev–Trinajstić information content (AvgIpc) is 2.64. The molecule has 1 aliphatic heterocycles. The predicted octanol–water partition coefficient (Wildman–Crippen LogP) is 3.36. The van der Waals surface area contributed by atoms with Gasteiger partial charge < -0.3 is 9.47 Å². The molecule has 0 aromatic carbocycles. The van der Waals surface area contributed by atoms with Crippen molar-refractivity contribution in [1.29, 1.82) is 0 Å². The normalized spacial score (nSPS) is 25.7. The first kappa shape index (κ1) is 15.7. The van der Waals surface area contributed by atoms with Crippen LogP contribution in [-0.2, 0) is 9.47 Å². The van der Waals surface area contributed by atoms with Gasteiger partial charge >= 0.3 is 11.8 Å². The Morgan fingerprint density at radius 2 is 1.83 bits per heavy atom. The van der Waals surface area contributed by atoms with Gasteiger partial charge in [-0.15, -0.1) is 0 Å². The molecule has 2 nitrogen and oxygen atoms in total. The lowest BCUT2D eigenvalue weighted by molar-refractivity contribution is -0.225. The van der Waals surface area contributed by atoms with E-state index in [1.165, 1.54) is 0 Å². The Bertz CT molecular complexity index is 258. The van der Waals surface area contributed by atoms with E-state index in [0.717, 1.165) is 0 Å². The Labute approximate surface area is 105 Å². The molecule has 108 valence electrons. The van der Waals surface area contributed by atoms with Crippen molar-refractivity contribution in [2.45, 2.75) is 38.5 Å². The van der Waals surface area contributed by atoms with Crippen LogP contribution in [0, 0.1) is 11.8 Å². The second kappa shape index (κ2) is 6.19. The Morgan fingerprint density at radius 1 is 1.17 bits per heavy atom. The highest BCUT2D eigenvalue weighted by Gasteiger charge is 2.56. The van der Waals surface area contributed by atoms with Gasteiger partial charge in [0.2, 0.25) is 0 Å². The van der Waals surface area contributed by atoms with Crippen molar-refractivity contribution in [2.75, 3.05) is 26.4 Å². The molecule has 2 atom stereocenters. The lowest BCUT2D eigenvalue weighted by atomic mass is 9.89. The molecule has 0 spiro atoms.